The molecule has 1 heteroatoms. The van der Waals surface area contributed by atoms with Gasteiger partial charge in [0.15, 0.2) is 0 Å². The molecule has 38 heavy (non-hydrogen) atoms. The highest BCUT2D eigenvalue weighted by molar-refractivity contribution is 6.25. The minimum atomic E-state index is 1.11. The normalized spacial score (nSPS) is 12.0. The third kappa shape index (κ3) is 4.19. The molecule has 6 aromatic carbocycles. The predicted molar refractivity (Wildman–Crippen MR) is 167 cm³/mol. The lowest BCUT2D eigenvalue weighted by Crippen LogP contribution is -2.09. The van der Waals surface area contributed by atoms with E-state index in [-0.39, 0.29) is 0 Å². The zero-order valence-corrected chi connectivity index (χ0v) is 21.5. The Hall–Kier alpha value is -4.88. The van der Waals surface area contributed by atoms with Gasteiger partial charge in [0.05, 0.1) is 0 Å². The number of hydrogen-bond acceptors (Lipinski definition) is 1. The van der Waals surface area contributed by atoms with Crippen LogP contribution in [0.25, 0.3) is 37.9 Å². The molecule has 0 aliphatic rings. The van der Waals surface area contributed by atoms with Crippen LogP contribution in [0.15, 0.2) is 152 Å². The summed E-state index contributed by atoms with van der Waals surface area (Å²) in [6.45, 7) is 5.92. The second kappa shape index (κ2) is 10.2. The molecule has 0 saturated carbocycles. The molecule has 0 N–H and O–H groups in total. The molecule has 0 aliphatic carbocycles. The summed E-state index contributed by atoms with van der Waals surface area (Å²) in [5, 5.41) is 7.68. The van der Waals surface area contributed by atoms with Gasteiger partial charge in [0.25, 0.3) is 0 Å². The summed E-state index contributed by atoms with van der Waals surface area (Å²) in [5.74, 6) is 0. The summed E-state index contributed by atoms with van der Waals surface area (Å²) < 4.78 is 0. The number of benzene rings is 6. The topological polar surface area (TPSA) is 3.24 Å². The van der Waals surface area contributed by atoms with Crippen molar-refractivity contribution in [2.24, 2.45) is 0 Å². The van der Waals surface area contributed by atoms with Crippen LogP contribution in [0.4, 0.5) is 17.1 Å². The van der Waals surface area contributed by atoms with Gasteiger partial charge in [-0.3, -0.25) is 0 Å². The molecule has 0 spiro atoms. The van der Waals surface area contributed by atoms with Crippen molar-refractivity contribution in [3.63, 3.8) is 0 Å². The van der Waals surface area contributed by atoms with Gasteiger partial charge in [-0.05, 0) is 86.8 Å². The minimum Gasteiger partial charge on any atom is -0.310 e. The van der Waals surface area contributed by atoms with E-state index in [0.717, 1.165) is 28.2 Å². The third-order valence-corrected chi connectivity index (χ3v) is 7.10. The number of fused-ring (bicyclic) bond motifs is 6. The van der Waals surface area contributed by atoms with Gasteiger partial charge in [-0.15, -0.1) is 0 Å². The van der Waals surface area contributed by atoms with Gasteiger partial charge in [0.1, 0.15) is 0 Å². The Morgan fingerprint density at radius 3 is 1.63 bits per heavy atom. The molecule has 1 nitrogen and oxygen atoms in total. The van der Waals surface area contributed by atoms with Crippen LogP contribution in [0.5, 0.6) is 0 Å². The first kappa shape index (κ1) is 23.5. The van der Waals surface area contributed by atoms with Crippen LogP contribution in [0, 0.1) is 0 Å². The third-order valence-electron chi connectivity index (χ3n) is 7.10. The molecule has 0 radical (unpaired) electrons. The van der Waals surface area contributed by atoms with Gasteiger partial charge >= 0.3 is 0 Å². The number of allylic oxidation sites excluding steroid dienone is 5. The maximum Gasteiger partial charge on any atom is 0.0468 e. The zero-order chi connectivity index (χ0) is 25.9. The molecule has 0 bridgehead atoms. The van der Waals surface area contributed by atoms with Crippen molar-refractivity contribution < 1.29 is 0 Å². The maximum absolute atomic E-state index is 3.88. The molecule has 182 valence electrons. The molecule has 6 aromatic rings. The van der Waals surface area contributed by atoms with Crippen LogP contribution in [0.2, 0.25) is 0 Å². The van der Waals surface area contributed by atoms with Gasteiger partial charge < -0.3 is 4.90 Å². The summed E-state index contributed by atoms with van der Waals surface area (Å²) in [6, 6.07) is 43.7. The first-order valence-corrected chi connectivity index (χ1v) is 13.0. The van der Waals surface area contributed by atoms with Gasteiger partial charge in [-0.2, -0.15) is 0 Å². The van der Waals surface area contributed by atoms with Crippen LogP contribution < -0.4 is 4.90 Å². The highest BCUT2D eigenvalue weighted by Gasteiger charge is 2.15. The first-order valence-electron chi connectivity index (χ1n) is 13.0. The molecule has 0 aliphatic heterocycles. The lowest BCUT2D eigenvalue weighted by atomic mass is 9.94. The van der Waals surface area contributed by atoms with Crippen LogP contribution in [-0.2, 0) is 0 Å². The molecule has 0 atom stereocenters. The second-order valence-electron chi connectivity index (χ2n) is 9.40. The average molecular weight is 488 g/mol. The maximum atomic E-state index is 3.88. The Morgan fingerprint density at radius 1 is 0.553 bits per heavy atom. The van der Waals surface area contributed by atoms with Crippen LogP contribution in [-0.4, -0.2) is 0 Å². The van der Waals surface area contributed by atoms with E-state index in [1.54, 1.807) is 0 Å². The highest BCUT2D eigenvalue weighted by atomic mass is 15.1. The van der Waals surface area contributed by atoms with Gasteiger partial charge in [-0.1, -0.05) is 116 Å². The molecular weight excluding hydrogens is 458 g/mol. The van der Waals surface area contributed by atoms with Crippen molar-refractivity contribution in [2.45, 2.75) is 6.92 Å². The minimum absolute atomic E-state index is 1.11. The Balaban J connectivity index is 1.56. The quantitative estimate of drug-likeness (QED) is 0.167. The largest absolute Gasteiger partial charge is 0.310 e. The monoisotopic (exact) mass is 487 g/mol. The van der Waals surface area contributed by atoms with E-state index in [1.807, 2.05) is 19.1 Å². The van der Waals surface area contributed by atoms with Crippen molar-refractivity contribution in [1.82, 2.24) is 0 Å². The summed E-state index contributed by atoms with van der Waals surface area (Å²) in [6.07, 6.45) is 8.05. The fourth-order valence-electron chi connectivity index (χ4n) is 5.42. The number of nitrogens with zero attached hydrogens (tertiary/aromatic N) is 1. The summed E-state index contributed by atoms with van der Waals surface area (Å²) in [7, 11) is 0. The van der Waals surface area contributed by atoms with Gasteiger partial charge in [0, 0.05) is 17.1 Å². The number of rotatable bonds is 6. The molecule has 0 aromatic heterocycles. The van der Waals surface area contributed by atoms with E-state index in [1.165, 1.54) is 32.3 Å². The summed E-state index contributed by atoms with van der Waals surface area (Å²) >= 11 is 0. The Morgan fingerprint density at radius 2 is 1.05 bits per heavy atom. The van der Waals surface area contributed by atoms with Crippen molar-refractivity contribution >= 4 is 55.0 Å². The fourth-order valence-corrected chi connectivity index (χ4v) is 5.42. The van der Waals surface area contributed by atoms with Crippen LogP contribution in [0.1, 0.15) is 12.5 Å². The van der Waals surface area contributed by atoms with Gasteiger partial charge in [-0.25, -0.2) is 0 Å². The second-order valence-corrected chi connectivity index (χ2v) is 9.40. The van der Waals surface area contributed by atoms with Crippen molar-refractivity contribution in [2.75, 3.05) is 4.90 Å². The average Bonchev–Trinajstić information content (AvgIpc) is 2.98. The van der Waals surface area contributed by atoms with Crippen LogP contribution in [0.3, 0.4) is 0 Å². The SMILES string of the molecule is C=C/C=C(\C=C/C)c1ccc(N(c2ccccc2)c2ccc3c4ccccc4c4ccccc4c3c2)cc1. The summed E-state index contributed by atoms with van der Waals surface area (Å²) in [4.78, 5) is 2.33. The van der Waals surface area contributed by atoms with E-state index in [4.69, 9.17) is 0 Å². The van der Waals surface area contributed by atoms with Crippen LogP contribution >= 0.6 is 0 Å². The van der Waals surface area contributed by atoms with E-state index < -0.39 is 0 Å². The Kier molecular flexibility index (Phi) is 6.34. The molecule has 0 amide bonds. The van der Waals surface area contributed by atoms with Gasteiger partial charge in [0.2, 0.25) is 0 Å². The highest BCUT2D eigenvalue weighted by Crippen LogP contribution is 2.40. The molecule has 6 rings (SSSR count). The Labute approximate surface area is 224 Å². The molecule has 0 fully saturated rings. The molecule has 0 saturated heterocycles. The van der Waals surface area contributed by atoms with E-state index in [9.17, 15) is 0 Å². The van der Waals surface area contributed by atoms with Crippen molar-refractivity contribution in [3.05, 3.63) is 158 Å². The lowest BCUT2D eigenvalue weighted by molar-refractivity contribution is 1.29. The number of para-hydroxylation sites is 1. The molecule has 0 heterocycles. The molecular formula is C37H29N. The standard InChI is InChI=1S/C37H29N/c1-3-12-27(13-4-2)28-20-22-30(23-21-28)38(29-14-6-5-7-15-29)31-24-25-36-34-18-9-8-16-32(34)33-17-10-11-19-35(33)37(36)26-31/h3-26H,1H2,2H3/b13-4-,27-12+. The smallest absolute Gasteiger partial charge is 0.0468 e. The number of anilines is 3. The zero-order valence-electron chi connectivity index (χ0n) is 21.5. The molecule has 0 unspecified atom stereocenters. The van der Waals surface area contributed by atoms with E-state index >= 15 is 0 Å². The van der Waals surface area contributed by atoms with E-state index in [2.05, 4.69) is 145 Å². The predicted octanol–water partition coefficient (Wildman–Crippen LogP) is 10.8. The van der Waals surface area contributed by atoms with E-state index in [0.29, 0.717) is 0 Å². The fraction of sp³-hybridized carbons (Fsp3) is 0.0270. The lowest BCUT2D eigenvalue weighted by Gasteiger charge is -2.26. The summed E-state index contributed by atoms with van der Waals surface area (Å²) in [5.41, 5.74) is 5.68. The van der Waals surface area contributed by atoms with Crippen molar-refractivity contribution in [1.29, 1.82) is 0 Å². The number of hydrogen-bond donors (Lipinski definition) is 0. The Bertz CT molecular complexity index is 1790. The first-order chi connectivity index (χ1) is 18.8. The van der Waals surface area contributed by atoms with Crippen molar-refractivity contribution in [3.8, 4) is 0 Å².